The van der Waals surface area contributed by atoms with E-state index in [0.717, 1.165) is 17.1 Å². The lowest BCUT2D eigenvalue weighted by atomic mass is 10.1. The predicted molar refractivity (Wildman–Crippen MR) is 83.0 cm³/mol. The van der Waals surface area contributed by atoms with Crippen LogP contribution in [0.25, 0.3) is 0 Å². The number of ether oxygens (including phenoxy) is 2. The molecular formula is C16H17ClFNO2. The van der Waals surface area contributed by atoms with E-state index in [9.17, 15) is 4.39 Å². The van der Waals surface area contributed by atoms with Crippen LogP contribution in [0.5, 0.6) is 11.5 Å². The summed E-state index contributed by atoms with van der Waals surface area (Å²) < 4.78 is 24.1. The number of hydrogen-bond donors (Lipinski definition) is 1. The van der Waals surface area contributed by atoms with Crippen molar-refractivity contribution >= 4 is 17.3 Å². The molecule has 0 amide bonds. The molecule has 1 unspecified atom stereocenters. The molecule has 0 aliphatic carbocycles. The molecule has 0 bridgehead atoms. The molecular weight excluding hydrogens is 293 g/mol. The van der Waals surface area contributed by atoms with Crippen LogP contribution in [-0.4, -0.2) is 14.2 Å². The predicted octanol–water partition coefficient (Wildman–Crippen LogP) is 4.67. The van der Waals surface area contributed by atoms with Crippen LogP contribution < -0.4 is 14.8 Å². The zero-order chi connectivity index (χ0) is 15.4. The van der Waals surface area contributed by atoms with E-state index in [1.807, 2.05) is 25.1 Å². The highest BCUT2D eigenvalue weighted by atomic mass is 35.5. The molecule has 0 heterocycles. The first-order valence-corrected chi connectivity index (χ1v) is 6.86. The van der Waals surface area contributed by atoms with Gasteiger partial charge in [0.15, 0.2) is 0 Å². The Kier molecular flexibility index (Phi) is 4.91. The SMILES string of the molecule is COc1ccc(OC)c(C(C)Nc2ccc(Cl)c(F)c2)c1. The lowest BCUT2D eigenvalue weighted by Gasteiger charge is -2.19. The number of anilines is 1. The summed E-state index contributed by atoms with van der Waals surface area (Å²) in [5.74, 6) is 1.03. The summed E-state index contributed by atoms with van der Waals surface area (Å²) in [4.78, 5) is 0. The molecule has 2 aromatic carbocycles. The van der Waals surface area contributed by atoms with E-state index in [0.29, 0.717) is 5.69 Å². The Morgan fingerprint density at radius 3 is 2.48 bits per heavy atom. The van der Waals surface area contributed by atoms with Gasteiger partial charge in [0.2, 0.25) is 0 Å². The number of hydrogen-bond acceptors (Lipinski definition) is 3. The van der Waals surface area contributed by atoms with Crippen LogP contribution >= 0.6 is 11.6 Å². The summed E-state index contributed by atoms with van der Waals surface area (Å²) in [6.07, 6.45) is 0. The van der Waals surface area contributed by atoms with Gasteiger partial charge in [-0.15, -0.1) is 0 Å². The second kappa shape index (κ2) is 6.68. The summed E-state index contributed by atoms with van der Waals surface area (Å²) in [6.45, 7) is 1.96. The fraction of sp³-hybridized carbons (Fsp3) is 0.250. The van der Waals surface area contributed by atoms with Crippen molar-refractivity contribution < 1.29 is 13.9 Å². The Morgan fingerprint density at radius 1 is 1.10 bits per heavy atom. The monoisotopic (exact) mass is 309 g/mol. The van der Waals surface area contributed by atoms with E-state index in [1.165, 1.54) is 12.1 Å². The molecule has 0 spiro atoms. The van der Waals surface area contributed by atoms with Crippen LogP contribution in [0.3, 0.4) is 0 Å². The first-order chi connectivity index (χ1) is 10.0. The standard InChI is InChI=1S/C16H17ClFNO2/c1-10(19-11-4-6-14(17)15(18)8-11)13-9-12(20-2)5-7-16(13)21-3/h4-10,19H,1-3H3. The Hall–Kier alpha value is -1.94. The number of benzene rings is 2. The van der Waals surface area contributed by atoms with E-state index in [4.69, 9.17) is 21.1 Å². The maximum Gasteiger partial charge on any atom is 0.143 e. The highest BCUT2D eigenvalue weighted by Crippen LogP contribution is 2.31. The van der Waals surface area contributed by atoms with Crippen molar-refractivity contribution in [2.75, 3.05) is 19.5 Å². The molecule has 0 saturated heterocycles. The second-order valence-corrected chi connectivity index (χ2v) is 5.01. The number of rotatable bonds is 5. The van der Waals surface area contributed by atoms with Gasteiger partial charge in [0.25, 0.3) is 0 Å². The van der Waals surface area contributed by atoms with Gasteiger partial charge in [-0.2, -0.15) is 0 Å². The molecule has 112 valence electrons. The van der Waals surface area contributed by atoms with E-state index < -0.39 is 5.82 Å². The lowest BCUT2D eigenvalue weighted by molar-refractivity contribution is 0.397. The molecule has 0 aliphatic rings. The molecule has 0 aromatic heterocycles. The van der Waals surface area contributed by atoms with Crippen LogP contribution in [0, 0.1) is 5.82 Å². The minimum atomic E-state index is -0.452. The van der Waals surface area contributed by atoms with Crippen LogP contribution in [0.2, 0.25) is 5.02 Å². The third-order valence-electron chi connectivity index (χ3n) is 3.21. The minimum Gasteiger partial charge on any atom is -0.497 e. The van der Waals surface area contributed by atoms with E-state index >= 15 is 0 Å². The summed E-state index contributed by atoms with van der Waals surface area (Å²) in [5.41, 5.74) is 1.57. The smallest absolute Gasteiger partial charge is 0.143 e. The van der Waals surface area contributed by atoms with Gasteiger partial charge in [0.1, 0.15) is 17.3 Å². The number of nitrogens with one attached hydrogen (secondary N) is 1. The van der Waals surface area contributed by atoms with Crippen molar-refractivity contribution in [3.8, 4) is 11.5 Å². The summed E-state index contributed by atoms with van der Waals surface area (Å²) >= 11 is 5.68. The highest BCUT2D eigenvalue weighted by molar-refractivity contribution is 6.30. The summed E-state index contributed by atoms with van der Waals surface area (Å²) in [6, 6.07) is 10.1. The molecule has 0 radical (unpaired) electrons. The second-order valence-electron chi connectivity index (χ2n) is 4.60. The van der Waals surface area contributed by atoms with E-state index in [1.54, 1.807) is 20.3 Å². The molecule has 3 nitrogen and oxygen atoms in total. The van der Waals surface area contributed by atoms with Crippen LogP contribution in [-0.2, 0) is 0 Å². The maximum absolute atomic E-state index is 13.5. The molecule has 1 atom stereocenters. The Balaban J connectivity index is 2.26. The van der Waals surface area contributed by atoms with E-state index in [2.05, 4.69) is 5.32 Å². The normalized spacial score (nSPS) is 11.9. The molecule has 2 rings (SSSR count). The third kappa shape index (κ3) is 3.58. The Labute approximate surface area is 128 Å². The molecule has 1 N–H and O–H groups in total. The molecule has 0 aliphatic heterocycles. The Morgan fingerprint density at radius 2 is 1.86 bits per heavy atom. The molecule has 5 heteroatoms. The topological polar surface area (TPSA) is 30.5 Å². The zero-order valence-corrected chi connectivity index (χ0v) is 12.9. The highest BCUT2D eigenvalue weighted by Gasteiger charge is 2.13. The number of halogens is 2. The van der Waals surface area contributed by atoms with Gasteiger partial charge >= 0.3 is 0 Å². The van der Waals surface area contributed by atoms with Crippen molar-refractivity contribution in [2.45, 2.75) is 13.0 Å². The van der Waals surface area contributed by atoms with Crippen LogP contribution in [0.4, 0.5) is 10.1 Å². The quantitative estimate of drug-likeness (QED) is 0.870. The average molecular weight is 310 g/mol. The Bertz CT molecular complexity index is 634. The van der Waals surface area contributed by atoms with E-state index in [-0.39, 0.29) is 11.1 Å². The lowest BCUT2D eigenvalue weighted by Crippen LogP contribution is -2.08. The van der Waals surface area contributed by atoms with Gasteiger partial charge < -0.3 is 14.8 Å². The zero-order valence-electron chi connectivity index (χ0n) is 12.1. The van der Waals surface area contributed by atoms with Gasteiger partial charge in [-0.1, -0.05) is 11.6 Å². The molecule has 2 aromatic rings. The van der Waals surface area contributed by atoms with Gasteiger partial charge in [-0.25, -0.2) is 4.39 Å². The van der Waals surface area contributed by atoms with Gasteiger partial charge in [-0.05, 0) is 43.3 Å². The maximum atomic E-state index is 13.5. The van der Waals surface area contributed by atoms with Crippen LogP contribution in [0.15, 0.2) is 36.4 Å². The van der Waals surface area contributed by atoms with Gasteiger partial charge in [0, 0.05) is 11.3 Å². The van der Waals surface area contributed by atoms with Crippen molar-refractivity contribution in [3.63, 3.8) is 0 Å². The molecule has 21 heavy (non-hydrogen) atoms. The summed E-state index contributed by atoms with van der Waals surface area (Å²) in [7, 11) is 3.22. The average Bonchev–Trinajstić information content (AvgIpc) is 2.50. The third-order valence-corrected chi connectivity index (χ3v) is 3.51. The minimum absolute atomic E-state index is 0.0874. The fourth-order valence-electron chi connectivity index (χ4n) is 2.09. The van der Waals surface area contributed by atoms with Crippen molar-refractivity contribution in [1.29, 1.82) is 0 Å². The van der Waals surface area contributed by atoms with Crippen molar-refractivity contribution in [1.82, 2.24) is 0 Å². The van der Waals surface area contributed by atoms with Gasteiger partial charge in [-0.3, -0.25) is 0 Å². The largest absolute Gasteiger partial charge is 0.497 e. The first kappa shape index (κ1) is 15.4. The van der Waals surface area contributed by atoms with Gasteiger partial charge in [0.05, 0.1) is 25.3 Å². The molecule has 0 fully saturated rings. The summed E-state index contributed by atoms with van der Waals surface area (Å²) in [5, 5.41) is 3.32. The molecule has 0 saturated carbocycles. The van der Waals surface area contributed by atoms with Crippen LogP contribution in [0.1, 0.15) is 18.5 Å². The van der Waals surface area contributed by atoms with Crippen molar-refractivity contribution in [3.05, 3.63) is 52.8 Å². The number of methoxy groups -OCH3 is 2. The fourth-order valence-corrected chi connectivity index (χ4v) is 2.21. The first-order valence-electron chi connectivity index (χ1n) is 6.48. The van der Waals surface area contributed by atoms with Crippen molar-refractivity contribution in [2.24, 2.45) is 0 Å².